The van der Waals surface area contributed by atoms with Gasteiger partial charge in [0.15, 0.2) is 5.82 Å². The number of ether oxygens (including phenoxy) is 1. The van der Waals surface area contributed by atoms with Crippen molar-refractivity contribution in [3.63, 3.8) is 0 Å². The molecule has 1 spiro atoms. The zero-order chi connectivity index (χ0) is 15.9. The van der Waals surface area contributed by atoms with Crippen LogP contribution < -0.4 is 10.9 Å². The molecule has 1 aliphatic carbocycles. The highest BCUT2D eigenvalue weighted by molar-refractivity contribution is 5.92. The summed E-state index contributed by atoms with van der Waals surface area (Å²) in [5, 5.41) is 3.51. The molecule has 2 aliphatic rings. The maximum atomic E-state index is 12.5. The van der Waals surface area contributed by atoms with E-state index in [9.17, 15) is 9.59 Å². The largest absolute Gasteiger partial charge is 0.373 e. The van der Waals surface area contributed by atoms with Crippen LogP contribution in [-0.2, 0) is 4.74 Å². The third-order valence-electron chi connectivity index (χ3n) is 5.01. The summed E-state index contributed by atoms with van der Waals surface area (Å²) in [6, 6.07) is 7.00. The summed E-state index contributed by atoms with van der Waals surface area (Å²) in [7, 11) is 0. The molecule has 23 heavy (non-hydrogen) atoms. The van der Waals surface area contributed by atoms with Gasteiger partial charge < -0.3 is 15.0 Å². The van der Waals surface area contributed by atoms with E-state index in [0.717, 1.165) is 32.1 Å². The first-order valence-electron chi connectivity index (χ1n) is 8.12. The first-order chi connectivity index (χ1) is 11.2. The van der Waals surface area contributed by atoms with Crippen LogP contribution in [0.15, 0.2) is 29.1 Å². The number of aromatic amines is 1. The Morgan fingerprint density at radius 3 is 2.91 bits per heavy atom. The average molecular weight is 313 g/mol. The van der Waals surface area contributed by atoms with Gasteiger partial charge in [-0.25, -0.2) is 4.98 Å². The van der Waals surface area contributed by atoms with E-state index in [4.69, 9.17) is 4.74 Å². The van der Waals surface area contributed by atoms with Crippen LogP contribution in [0.1, 0.15) is 42.7 Å². The minimum Gasteiger partial charge on any atom is -0.373 e. The fourth-order valence-corrected chi connectivity index (χ4v) is 3.83. The molecule has 1 aromatic carbocycles. The zero-order valence-electron chi connectivity index (χ0n) is 12.8. The lowest BCUT2D eigenvalue weighted by molar-refractivity contribution is -0.00407. The lowest BCUT2D eigenvalue weighted by Crippen LogP contribution is -2.48. The SMILES string of the molecule is O=C(NC1CCOC12CCCC2)c1nc2ccccc2c(=O)[nH]1. The van der Waals surface area contributed by atoms with Gasteiger partial charge in [0.2, 0.25) is 0 Å². The number of nitrogens with one attached hydrogen (secondary N) is 2. The van der Waals surface area contributed by atoms with Crippen molar-refractivity contribution in [3.8, 4) is 0 Å². The summed E-state index contributed by atoms with van der Waals surface area (Å²) < 4.78 is 5.94. The zero-order valence-corrected chi connectivity index (χ0v) is 12.8. The second-order valence-corrected chi connectivity index (χ2v) is 6.37. The van der Waals surface area contributed by atoms with E-state index in [2.05, 4.69) is 15.3 Å². The highest BCUT2D eigenvalue weighted by Gasteiger charge is 2.47. The van der Waals surface area contributed by atoms with Crippen LogP contribution in [0, 0.1) is 0 Å². The van der Waals surface area contributed by atoms with Crippen molar-refractivity contribution < 1.29 is 9.53 Å². The maximum absolute atomic E-state index is 12.5. The Hall–Kier alpha value is -2.21. The molecule has 1 amide bonds. The van der Waals surface area contributed by atoms with Crippen molar-refractivity contribution in [3.05, 3.63) is 40.4 Å². The molecule has 4 rings (SSSR count). The van der Waals surface area contributed by atoms with E-state index in [0.29, 0.717) is 17.5 Å². The number of rotatable bonds is 2. The molecular formula is C17H19N3O3. The third-order valence-corrected chi connectivity index (χ3v) is 5.01. The Balaban J connectivity index is 1.61. The van der Waals surface area contributed by atoms with E-state index in [1.807, 2.05) is 0 Å². The molecule has 2 fully saturated rings. The second-order valence-electron chi connectivity index (χ2n) is 6.37. The average Bonchev–Trinajstić information content (AvgIpc) is 3.18. The molecule has 0 radical (unpaired) electrons. The van der Waals surface area contributed by atoms with Crippen LogP contribution >= 0.6 is 0 Å². The molecule has 1 saturated carbocycles. The highest BCUT2D eigenvalue weighted by Crippen LogP contribution is 2.41. The summed E-state index contributed by atoms with van der Waals surface area (Å²) in [5.74, 6) is -0.275. The van der Waals surface area contributed by atoms with E-state index >= 15 is 0 Å². The minimum absolute atomic E-state index is 0.00530. The number of benzene rings is 1. The molecule has 0 bridgehead atoms. The molecule has 2 heterocycles. The van der Waals surface area contributed by atoms with Crippen molar-refractivity contribution in [2.75, 3.05) is 6.61 Å². The van der Waals surface area contributed by atoms with Gasteiger partial charge in [-0.1, -0.05) is 25.0 Å². The van der Waals surface area contributed by atoms with Crippen molar-refractivity contribution in [2.24, 2.45) is 0 Å². The predicted octanol–water partition coefficient (Wildman–Crippen LogP) is 1.75. The van der Waals surface area contributed by atoms with Crippen molar-refractivity contribution in [1.82, 2.24) is 15.3 Å². The molecule has 120 valence electrons. The molecule has 1 aromatic heterocycles. The van der Waals surface area contributed by atoms with Gasteiger partial charge in [-0.15, -0.1) is 0 Å². The number of nitrogens with zero attached hydrogens (tertiary/aromatic N) is 1. The van der Waals surface area contributed by atoms with Crippen molar-refractivity contribution in [1.29, 1.82) is 0 Å². The van der Waals surface area contributed by atoms with E-state index in [-0.39, 0.29) is 28.9 Å². The number of hydrogen-bond acceptors (Lipinski definition) is 4. The number of para-hydroxylation sites is 1. The molecule has 1 atom stereocenters. The molecule has 1 aliphatic heterocycles. The Morgan fingerprint density at radius 2 is 2.09 bits per heavy atom. The fourth-order valence-electron chi connectivity index (χ4n) is 3.83. The van der Waals surface area contributed by atoms with Crippen LogP contribution in [0.2, 0.25) is 0 Å². The number of amides is 1. The van der Waals surface area contributed by atoms with Crippen LogP contribution in [0.3, 0.4) is 0 Å². The van der Waals surface area contributed by atoms with Gasteiger partial charge in [0.05, 0.1) is 22.5 Å². The summed E-state index contributed by atoms with van der Waals surface area (Å²) in [6.07, 6.45) is 5.05. The van der Waals surface area contributed by atoms with E-state index in [1.54, 1.807) is 24.3 Å². The van der Waals surface area contributed by atoms with Crippen LogP contribution in [0.5, 0.6) is 0 Å². The van der Waals surface area contributed by atoms with Crippen LogP contribution in [0.4, 0.5) is 0 Å². The van der Waals surface area contributed by atoms with Gasteiger partial charge in [-0.2, -0.15) is 0 Å². The fraction of sp³-hybridized carbons (Fsp3) is 0.471. The first-order valence-corrected chi connectivity index (χ1v) is 8.12. The number of carbonyl (C=O) groups is 1. The minimum atomic E-state index is -0.338. The van der Waals surface area contributed by atoms with Gasteiger partial charge in [0.25, 0.3) is 11.5 Å². The van der Waals surface area contributed by atoms with Crippen molar-refractivity contribution in [2.45, 2.75) is 43.7 Å². The lowest BCUT2D eigenvalue weighted by atomic mass is 9.92. The monoisotopic (exact) mass is 313 g/mol. The van der Waals surface area contributed by atoms with Crippen molar-refractivity contribution >= 4 is 16.8 Å². The Kier molecular flexibility index (Phi) is 3.41. The van der Waals surface area contributed by atoms with Gasteiger partial charge in [-0.05, 0) is 31.4 Å². The van der Waals surface area contributed by atoms with Crippen LogP contribution in [0.25, 0.3) is 10.9 Å². The number of aromatic nitrogens is 2. The Bertz CT molecular complexity index is 803. The highest BCUT2D eigenvalue weighted by atomic mass is 16.5. The topological polar surface area (TPSA) is 84.1 Å². The van der Waals surface area contributed by atoms with Gasteiger partial charge >= 0.3 is 0 Å². The molecule has 6 nitrogen and oxygen atoms in total. The summed E-state index contributed by atoms with van der Waals surface area (Å²) in [4.78, 5) is 31.5. The van der Waals surface area contributed by atoms with Gasteiger partial charge in [0.1, 0.15) is 0 Å². The molecular weight excluding hydrogens is 294 g/mol. The molecule has 1 unspecified atom stereocenters. The van der Waals surface area contributed by atoms with Crippen LogP contribution in [-0.4, -0.2) is 34.1 Å². The number of carbonyl (C=O) groups excluding carboxylic acids is 1. The van der Waals surface area contributed by atoms with Gasteiger partial charge in [0, 0.05) is 6.61 Å². The standard InChI is InChI=1S/C17H19N3O3/c21-15-11-5-1-2-6-12(11)18-14(20-15)16(22)19-13-7-10-23-17(13)8-3-4-9-17/h1-2,5-6,13H,3-4,7-10H2,(H,19,22)(H,18,20,21). The molecule has 2 aromatic rings. The first kappa shape index (κ1) is 14.4. The second kappa shape index (κ2) is 5.45. The van der Waals surface area contributed by atoms with Gasteiger partial charge in [-0.3, -0.25) is 9.59 Å². The predicted molar refractivity (Wildman–Crippen MR) is 85.4 cm³/mol. The normalized spacial score (nSPS) is 22.7. The number of H-pyrrole nitrogens is 1. The smallest absolute Gasteiger partial charge is 0.287 e. The Labute approximate surface area is 133 Å². The third kappa shape index (κ3) is 2.43. The molecule has 6 heteroatoms. The lowest BCUT2D eigenvalue weighted by Gasteiger charge is -2.30. The van der Waals surface area contributed by atoms with E-state index < -0.39 is 0 Å². The number of fused-ring (bicyclic) bond motifs is 1. The molecule has 1 saturated heterocycles. The molecule has 2 N–H and O–H groups in total. The maximum Gasteiger partial charge on any atom is 0.287 e. The summed E-state index contributed by atoms with van der Waals surface area (Å²) >= 11 is 0. The summed E-state index contributed by atoms with van der Waals surface area (Å²) in [5.41, 5.74) is 0.0194. The summed E-state index contributed by atoms with van der Waals surface area (Å²) in [6.45, 7) is 0.673. The quantitative estimate of drug-likeness (QED) is 0.885. The van der Waals surface area contributed by atoms with E-state index in [1.165, 1.54) is 0 Å². The Morgan fingerprint density at radius 1 is 1.30 bits per heavy atom. The number of hydrogen-bond donors (Lipinski definition) is 2.